The lowest BCUT2D eigenvalue weighted by Crippen LogP contribution is -2.04. The Labute approximate surface area is 58.8 Å². The van der Waals surface area contributed by atoms with E-state index in [1.54, 1.807) is 6.20 Å². The third-order valence-electron chi connectivity index (χ3n) is 1.07. The van der Waals surface area contributed by atoms with Crippen molar-refractivity contribution in [2.75, 3.05) is 0 Å². The molecule has 1 aromatic heterocycles. The normalized spacial score (nSPS) is 8.80. The zero-order valence-electron chi connectivity index (χ0n) is 5.41. The smallest absolute Gasteiger partial charge is 0.0768 e. The molecule has 0 aliphatic heterocycles. The SMILES string of the molecule is N=NNCc1ccccn1. The van der Waals surface area contributed by atoms with Crippen molar-refractivity contribution < 1.29 is 0 Å². The van der Waals surface area contributed by atoms with Crippen LogP contribution in [0.3, 0.4) is 0 Å². The van der Waals surface area contributed by atoms with E-state index >= 15 is 0 Å². The molecule has 1 rings (SSSR count). The van der Waals surface area contributed by atoms with Gasteiger partial charge in [0.2, 0.25) is 0 Å². The summed E-state index contributed by atoms with van der Waals surface area (Å²) in [5.41, 5.74) is 9.82. The minimum absolute atomic E-state index is 0.518. The molecule has 0 amide bonds. The molecule has 10 heavy (non-hydrogen) atoms. The molecule has 0 aliphatic rings. The molecule has 0 spiro atoms. The van der Waals surface area contributed by atoms with Crippen molar-refractivity contribution in [3.8, 4) is 0 Å². The number of nitrogens with one attached hydrogen (secondary N) is 2. The molecule has 0 radical (unpaired) electrons. The lowest BCUT2D eigenvalue weighted by Gasteiger charge is -1.95. The molecule has 0 saturated heterocycles. The summed E-state index contributed by atoms with van der Waals surface area (Å²) >= 11 is 0. The van der Waals surface area contributed by atoms with Crippen LogP contribution in [0.1, 0.15) is 5.69 Å². The fraction of sp³-hybridized carbons (Fsp3) is 0.167. The summed E-state index contributed by atoms with van der Waals surface area (Å²) in [7, 11) is 0. The third kappa shape index (κ3) is 1.81. The molecule has 1 heterocycles. The van der Waals surface area contributed by atoms with E-state index in [1.165, 1.54) is 0 Å². The monoisotopic (exact) mass is 136 g/mol. The number of aromatic nitrogens is 1. The van der Waals surface area contributed by atoms with Crippen LogP contribution in [0.2, 0.25) is 0 Å². The molecule has 0 fully saturated rings. The van der Waals surface area contributed by atoms with Crippen LogP contribution in [0.25, 0.3) is 0 Å². The minimum Gasteiger partial charge on any atom is -0.286 e. The largest absolute Gasteiger partial charge is 0.286 e. The molecule has 4 heteroatoms. The highest BCUT2D eigenvalue weighted by Gasteiger charge is 1.87. The van der Waals surface area contributed by atoms with E-state index in [0.29, 0.717) is 6.54 Å². The van der Waals surface area contributed by atoms with E-state index in [9.17, 15) is 0 Å². The van der Waals surface area contributed by atoms with Gasteiger partial charge in [-0.2, -0.15) is 5.53 Å². The van der Waals surface area contributed by atoms with Gasteiger partial charge in [0.25, 0.3) is 0 Å². The lowest BCUT2D eigenvalue weighted by molar-refractivity contribution is 0.662. The van der Waals surface area contributed by atoms with Gasteiger partial charge in [0.15, 0.2) is 0 Å². The average Bonchev–Trinajstić information content (AvgIpc) is 2.03. The van der Waals surface area contributed by atoms with Crippen molar-refractivity contribution in [1.82, 2.24) is 10.4 Å². The summed E-state index contributed by atoms with van der Waals surface area (Å²) in [5, 5.41) is 2.99. The maximum Gasteiger partial charge on any atom is 0.0768 e. The Hall–Kier alpha value is -1.45. The third-order valence-corrected chi connectivity index (χ3v) is 1.07. The molecule has 0 bridgehead atoms. The Bertz CT molecular complexity index is 196. The first-order chi connectivity index (χ1) is 4.93. The van der Waals surface area contributed by atoms with Crippen LogP contribution in [0.15, 0.2) is 29.6 Å². The predicted octanol–water partition coefficient (Wildman–Crippen LogP) is 1.12. The topological polar surface area (TPSA) is 61.1 Å². The highest BCUT2D eigenvalue weighted by atomic mass is 15.4. The van der Waals surface area contributed by atoms with Crippen molar-refractivity contribution in [2.24, 2.45) is 5.22 Å². The summed E-state index contributed by atoms with van der Waals surface area (Å²) in [6.07, 6.45) is 1.71. The van der Waals surface area contributed by atoms with E-state index in [-0.39, 0.29) is 0 Å². The van der Waals surface area contributed by atoms with Crippen LogP contribution < -0.4 is 5.43 Å². The minimum atomic E-state index is 0.518. The van der Waals surface area contributed by atoms with E-state index in [2.05, 4.69) is 15.6 Å². The predicted molar refractivity (Wildman–Crippen MR) is 36.2 cm³/mol. The molecule has 52 valence electrons. The van der Waals surface area contributed by atoms with Crippen LogP contribution in [0.4, 0.5) is 0 Å². The first kappa shape index (κ1) is 6.67. The Kier molecular flexibility index (Phi) is 2.37. The fourth-order valence-corrected chi connectivity index (χ4v) is 0.623. The molecule has 0 atom stereocenters. The maximum absolute atomic E-state index is 6.44. The first-order valence-corrected chi connectivity index (χ1v) is 2.92. The summed E-state index contributed by atoms with van der Waals surface area (Å²) in [6, 6.07) is 5.62. The van der Waals surface area contributed by atoms with E-state index < -0.39 is 0 Å². The van der Waals surface area contributed by atoms with Gasteiger partial charge in [0, 0.05) is 6.20 Å². The highest BCUT2D eigenvalue weighted by Crippen LogP contribution is 1.90. The number of hydrogen-bond acceptors (Lipinski definition) is 3. The zero-order chi connectivity index (χ0) is 7.23. The number of hydrogen-bond donors (Lipinski definition) is 2. The van der Waals surface area contributed by atoms with Gasteiger partial charge in [-0.3, -0.25) is 10.4 Å². The number of pyridine rings is 1. The molecule has 2 N–H and O–H groups in total. The van der Waals surface area contributed by atoms with Crippen LogP contribution in [0.5, 0.6) is 0 Å². The maximum atomic E-state index is 6.44. The summed E-state index contributed by atoms with van der Waals surface area (Å²) in [6.45, 7) is 0.518. The van der Waals surface area contributed by atoms with Gasteiger partial charge in [0.05, 0.1) is 12.2 Å². The Morgan fingerprint density at radius 3 is 3.10 bits per heavy atom. The van der Waals surface area contributed by atoms with E-state index in [0.717, 1.165) is 5.69 Å². The van der Waals surface area contributed by atoms with Gasteiger partial charge >= 0.3 is 0 Å². The first-order valence-electron chi connectivity index (χ1n) is 2.92. The van der Waals surface area contributed by atoms with Gasteiger partial charge in [-0.05, 0) is 12.1 Å². The summed E-state index contributed by atoms with van der Waals surface area (Å²) in [5.74, 6) is 0. The molecule has 0 aliphatic carbocycles. The Morgan fingerprint density at radius 1 is 1.60 bits per heavy atom. The molecule has 4 nitrogen and oxygen atoms in total. The second-order valence-corrected chi connectivity index (χ2v) is 1.77. The molecule has 1 aromatic rings. The Morgan fingerprint density at radius 2 is 2.50 bits per heavy atom. The second kappa shape index (κ2) is 3.55. The van der Waals surface area contributed by atoms with E-state index in [4.69, 9.17) is 5.53 Å². The van der Waals surface area contributed by atoms with E-state index in [1.807, 2.05) is 18.2 Å². The number of nitrogens with zero attached hydrogens (tertiary/aromatic N) is 2. The van der Waals surface area contributed by atoms with Gasteiger partial charge < -0.3 is 0 Å². The molecule has 0 unspecified atom stereocenters. The average molecular weight is 136 g/mol. The van der Waals surface area contributed by atoms with Gasteiger partial charge in [-0.15, -0.1) is 0 Å². The van der Waals surface area contributed by atoms with Crippen molar-refractivity contribution in [3.63, 3.8) is 0 Å². The van der Waals surface area contributed by atoms with Crippen molar-refractivity contribution in [1.29, 1.82) is 5.53 Å². The van der Waals surface area contributed by atoms with Crippen molar-refractivity contribution >= 4 is 0 Å². The van der Waals surface area contributed by atoms with Crippen LogP contribution in [-0.4, -0.2) is 4.98 Å². The standard InChI is InChI=1S/C6H8N4/c7-10-9-5-6-3-1-2-4-8-6/h1-4H,5H2,(H2,7,9). The van der Waals surface area contributed by atoms with Crippen LogP contribution >= 0.6 is 0 Å². The van der Waals surface area contributed by atoms with Crippen LogP contribution in [0, 0.1) is 5.53 Å². The number of rotatable bonds is 3. The van der Waals surface area contributed by atoms with Gasteiger partial charge in [-0.1, -0.05) is 11.3 Å². The molecule has 0 aromatic carbocycles. The van der Waals surface area contributed by atoms with Gasteiger partial charge in [-0.25, -0.2) is 0 Å². The lowest BCUT2D eigenvalue weighted by atomic mass is 10.4. The van der Waals surface area contributed by atoms with Crippen LogP contribution in [-0.2, 0) is 6.54 Å². The van der Waals surface area contributed by atoms with Gasteiger partial charge in [0.1, 0.15) is 0 Å². The quantitative estimate of drug-likeness (QED) is 0.483. The van der Waals surface area contributed by atoms with Crippen molar-refractivity contribution in [3.05, 3.63) is 30.1 Å². The molecule has 0 saturated carbocycles. The molecular weight excluding hydrogens is 128 g/mol. The Balaban J connectivity index is 2.50. The second-order valence-electron chi connectivity index (χ2n) is 1.77. The zero-order valence-corrected chi connectivity index (χ0v) is 5.41. The fourth-order valence-electron chi connectivity index (χ4n) is 0.623. The summed E-state index contributed by atoms with van der Waals surface area (Å²) in [4.78, 5) is 4.01. The van der Waals surface area contributed by atoms with Crippen molar-refractivity contribution in [2.45, 2.75) is 6.54 Å². The molecular formula is C6H8N4. The highest BCUT2D eigenvalue weighted by molar-refractivity contribution is 5.02. The summed E-state index contributed by atoms with van der Waals surface area (Å²) < 4.78 is 0.